The Labute approximate surface area is 150 Å². The smallest absolute Gasteiger partial charge is 0.316 e. The average Bonchev–Trinajstić information content (AvgIpc) is 2.91. The minimum atomic E-state index is -4.53. The van der Waals surface area contributed by atoms with Gasteiger partial charge in [-0.2, -0.15) is 18.2 Å². The lowest BCUT2D eigenvalue weighted by Crippen LogP contribution is -2.17. The van der Waals surface area contributed by atoms with Gasteiger partial charge in [-0.25, -0.2) is 4.39 Å². The topological polar surface area (TPSA) is 34.4 Å². The van der Waals surface area contributed by atoms with Crippen LogP contribution in [0, 0.1) is 5.82 Å². The van der Waals surface area contributed by atoms with Crippen LogP contribution in [0.1, 0.15) is 29.3 Å². The van der Waals surface area contributed by atoms with E-state index in [9.17, 15) is 22.4 Å². The van der Waals surface area contributed by atoms with Crippen LogP contribution in [-0.4, -0.2) is 10.5 Å². The molecule has 26 heavy (non-hydrogen) atoms. The van der Waals surface area contributed by atoms with Gasteiger partial charge in [0.05, 0.1) is 15.8 Å². The molecular formula is C18H14F4N2OS. The molecule has 0 saturated heterocycles. The van der Waals surface area contributed by atoms with Crippen LogP contribution in [0.25, 0.3) is 10.2 Å². The van der Waals surface area contributed by atoms with Crippen molar-refractivity contribution < 1.29 is 22.4 Å². The van der Waals surface area contributed by atoms with Crippen LogP contribution >= 0.6 is 11.3 Å². The Morgan fingerprint density at radius 3 is 2.65 bits per heavy atom. The van der Waals surface area contributed by atoms with Crippen LogP contribution in [0.4, 0.5) is 17.6 Å². The van der Waals surface area contributed by atoms with E-state index >= 15 is 0 Å². The molecule has 0 N–H and O–H groups in total. The molecule has 0 aliphatic rings. The highest BCUT2D eigenvalue weighted by atomic mass is 32.1. The van der Waals surface area contributed by atoms with Crippen LogP contribution in [0.2, 0.25) is 0 Å². The van der Waals surface area contributed by atoms with Gasteiger partial charge in [0.15, 0.2) is 4.80 Å². The predicted molar refractivity (Wildman–Crippen MR) is 91.4 cm³/mol. The Balaban J connectivity index is 2.09. The van der Waals surface area contributed by atoms with Crippen molar-refractivity contribution in [2.45, 2.75) is 26.1 Å². The lowest BCUT2D eigenvalue weighted by Gasteiger charge is -2.07. The maximum atomic E-state index is 13.4. The summed E-state index contributed by atoms with van der Waals surface area (Å²) in [7, 11) is 0. The molecule has 0 radical (unpaired) electrons. The van der Waals surface area contributed by atoms with Crippen molar-refractivity contribution in [2.24, 2.45) is 4.99 Å². The molecule has 0 aliphatic heterocycles. The SMILES string of the molecule is CCCn1c(=NC(=O)c2cccc(C(F)(F)F)c2)sc2cc(F)ccc21. The summed E-state index contributed by atoms with van der Waals surface area (Å²) in [6.07, 6.45) is -3.78. The van der Waals surface area contributed by atoms with Gasteiger partial charge in [0, 0.05) is 12.1 Å². The normalized spacial score (nSPS) is 12.7. The van der Waals surface area contributed by atoms with Crippen molar-refractivity contribution in [2.75, 3.05) is 0 Å². The van der Waals surface area contributed by atoms with Crippen LogP contribution in [0.3, 0.4) is 0 Å². The van der Waals surface area contributed by atoms with Crippen molar-refractivity contribution in [3.63, 3.8) is 0 Å². The Kier molecular flexibility index (Phi) is 4.95. The summed E-state index contributed by atoms with van der Waals surface area (Å²) >= 11 is 1.12. The number of aromatic nitrogens is 1. The maximum Gasteiger partial charge on any atom is 0.416 e. The molecule has 0 unspecified atom stereocenters. The molecule has 8 heteroatoms. The third kappa shape index (κ3) is 3.70. The molecule has 1 heterocycles. The summed E-state index contributed by atoms with van der Waals surface area (Å²) in [5.74, 6) is -1.17. The van der Waals surface area contributed by atoms with Gasteiger partial charge in [-0.05, 0) is 42.8 Å². The molecule has 0 atom stereocenters. The number of thiazole rings is 1. The van der Waals surface area contributed by atoms with E-state index in [1.807, 2.05) is 6.92 Å². The summed E-state index contributed by atoms with van der Waals surface area (Å²) in [5, 5.41) is 0. The Hall–Kier alpha value is -2.48. The van der Waals surface area contributed by atoms with E-state index in [1.54, 1.807) is 10.6 Å². The highest BCUT2D eigenvalue weighted by molar-refractivity contribution is 7.16. The number of aryl methyl sites for hydroxylation is 1. The number of rotatable bonds is 3. The van der Waals surface area contributed by atoms with E-state index in [0.717, 1.165) is 35.4 Å². The molecule has 0 bridgehead atoms. The fourth-order valence-electron chi connectivity index (χ4n) is 2.55. The number of amides is 1. The quantitative estimate of drug-likeness (QED) is 0.586. The van der Waals surface area contributed by atoms with Gasteiger partial charge in [0.2, 0.25) is 0 Å². The summed E-state index contributed by atoms with van der Waals surface area (Å²) in [6, 6.07) is 8.41. The van der Waals surface area contributed by atoms with Gasteiger partial charge >= 0.3 is 6.18 Å². The predicted octanol–water partition coefficient (Wildman–Crippen LogP) is 5.01. The van der Waals surface area contributed by atoms with Crippen LogP contribution in [-0.2, 0) is 12.7 Å². The lowest BCUT2D eigenvalue weighted by atomic mass is 10.1. The van der Waals surface area contributed by atoms with Crippen molar-refractivity contribution in [1.82, 2.24) is 4.57 Å². The highest BCUT2D eigenvalue weighted by Gasteiger charge is 2.30. The summed E-state index contributed by atoms with van der Waals surface area (Å²) in [6.45, 7) is 2.50. The first-order valence-corrected chi connectivity index (χ1v) is 8.66. The van der Waals surface area contributed by atoms with Gasteiger partial charge in [0.25, 0.3) is 5.91 Å². The first-order chi connectivity index (χ1) is 12.3. The van der Waals surface area contributed by atoms with Crippen LogP contribution in [0.5, 0.6) is 0 Å². The Morgan fingerprint density at radius 2 is 1.96 bits per heavy atom. The Bertz CT molecular complexity index is 1030. The van der Waals surface area contributed by atoms with Gasteiger partial charge in [-0.1, -0.05) is 24.3 Å². The molecule has 136 valence electrons. The molecule has 1 amide bonds. The molecule has 2 aromatic carbocycles. The first-order valence-electron chi connectivity index (χ1n) is 7.85. The number of carbonyl (C=O) groups is 1. The third-order valence-electron chi connectivity index (χ3n) is 3.73. The molecule has 0 aliphatic carbocycles. The number of hydrogen-bond acceptors (Lipinski definition) is 2. The van der Waals surface area contributed by atoms with Crippen molar-refractivity contribution >= 4 is 27.5 Å². The van der Waals surface area contributed by atoms with Crippen LogP contribution in [0.15, 0.2) is 47.5 Å². The summed E-state index contributed by atoms with van der Waals surface area (Å²) in [4.78, 5) is 16.7. The number of alkyl halides is 3. The fourth-order valence-corrected chi connectivity index (χ4v) is 3.63. The molecule has 3 rings (SSSR count). The number of hydrogen-bond donors (Lipinski definition) is 0. The van der Waals surface area contributed by atoms with Gasteiger partial charge in [0.1, 0.15) is 5.82 Å². The zero-order valence-electron chi connectivity index (χ0n) is 13.7. The molecule has 3 aromatic rings. The van der Waals surface area contributed by atoms with E-state index in [-0.39, 0.29) is 5.56 Å². The molecular weight excluding hydrogens is 368 g/mol. The number of halogens is 4. The summed E-state index contributed by atoms with van der Waals surface area (Å²) < 4.78 is 54.3. The van der Waals surface area contributed by atoms with E-state index in [0.29, 0.717) is 16.0 Å². The second-order valence-corrected chi connectivity index (χ2v) is 6.65. The lowest BCUT2D eigenvalue weighted by molar-refractivity contribution is -0.137. The van der Waals surface area contributed by atoms with Crippen molar-refractivity contribution in [3.8, 4) is 0 Å². The van der Waals surface area contributed by atoms with Gasteiger partial charge < -0.3 is 4.57 Å². The number of nitrogens with zero attached hydrogens (tertiary/aromatic N) is 2. The standard InChI is InChI=1S/C18H14F4N2OS/c1-2-8-24-14-7-6-13(19)10-15(14)26-17(24)23-16(25)11-4-3-5-12(9-11)18(20,21)22/h3-7,9-10H,2,8H2,1H3. The minimum Gasteiger partial charge on any atom is -0.316 e. The molecule has 1 aromatic heterocycles. The van der Waals surface area contributed by atoms with Crippen molar-refractivity contribution in [3.05, 3.63) is 64.2 Å². The van der Waals surface area contributed by atoms with E-state index in [2.05, 4.69) is 4.99 Å². The monoisotopic (exact) mass is 382 g/mol. The number of benzene rings is 2. The van der Waals surface area contributed by atoms with E-state index in [1.165, 1.54) is 24.3 Å². The third-order valence-corrected chi connectivity index (χ3v) is 4.77. The first kappa shape index (κ1) is 18.3. The highest BCUT2D eigenvalue weighted by Crippen LogP contribution is 2.29. The number of fused-ring (bicyclic) bond motifs is 1. The molecule has 0 saturated carbocycles. The van der Waals surface area contributed by atoms with E-state index in [4.69, 9.17) is 0 Å². The number of carbonyl (C=O) groups excluding carboxylic acids is 1. The molecule has 0 spiro atoms. The van der Waals surface area contributed by atoms with Crippen molar-refractivity contribution in [1.29, 1.82) is 0 Å². The molecule has 3 nitrogen and oxygen atoms in total. The maximum absolute atomic E-state index is 13.4. The Morgan fingerprint density at radius 1 is 1.19 bits per heavy atom. The van der Waals surface area contributed by atoms with Gasteiger partial charge in [-0.3, -0.25) is 4.79 Å². The zero-order valence-corrected chi connectivity index (χ0v) is 14.5. The van der Waals surface area contributed by atoms with Crippen LogP contribution < -0.4 is 4.80 Å². The summed E-state index contributed by atoms with van der Waals surface area (Å²) in [5.41, 5.74) is -0.321. The van der Waals surface area contributed by atoms with E-state index < -0.39 is 23.5 Å². The zero-order chi connectivity index (χ0) is 18.9. The largest absolute Gasteiger partial charge is 0.416 e. The van der Waals surface area contributed by atoms with Gasteiger partial charge in [-0.15, -0.1) is 0 Å². The second-order valence-electron chi connectivity index (χ2n) is 5.64. The minimum absolute atomic E-state index is 0.147. The average molecular weight is 382 g/mol. The second kappa shape index (κ2) is 7.03. The molecule has 0 fully saturated rings. The fraction of sp³-hybridized carbons (Fsp3) is 0.222.